The zero-order valence-electron chi connectivity index (χ0n) is 10.8. The van der Waals surface area contributed by atoms with E-state index in [2.05, 4.69) is 18.5 Å². The monoisotopic (exact) mass is 241 g/mol. The molecule has 0 radical (unpaired) electrons. The van der Waals surface area contributed by atoms with Crippen LogP contribution in [0.1, 0.15) is 35.9 Å². The maximum Gasteiger partial charge on any atom is 0.0853 e. The van der Waals surface area contributed by atoms with Gasteiger partial charge in [0.25, 0.3) is 0 Å². The molecule has 1 heterocycles. The lowest BCUT2D eigenvalue weighted by Crippen LogP contribution is -2.00. The average molecular weight is 241 g/mol. The highest BCUT2D eigenvalue weighted by Crippen LogP contribution is 2.29. The van der Waals surface area contributed by atoms with Crippen LogP contribution in [-0.4, -0.2) is 10.1 Å². The number of aliphatic hydroxyl groups excluding tert-OH is 1. The summed E-state index contributed by atoms with van der Waals surface area (Å²) in [5.41, 5.74) is 5.66. The van der Waals surface area contributed by atoms with E-state index in [1.165, 1.54) is 17.5 Å². The number of aliphatic hydroxyl groups is 1. The number of hydrogen-bond donors (Lipinski definition) is 1. The topological polar surface area (TPSA) is 33.1 Å². The van der Waals surface area contributed by atoms with E-state index >= 15 is 0 Å². The van der Waals surface area contributed by atoms with Gasteiger partial charge in [0, 0.05) is 0 Å². The maximum absolute atomic E-state index is 9.28. The molecule has 0 aliphatic heterocycles. The van der Waals surface area contributed by atoms with Crippen molar-refractivity contribution in [2.45, 2.75) is 32.8 Å². The summed E-state index contributed by atoms with van der Waals surface area (Å²) in [4.78, 5) is 4.56. The summed E-state index contributed by atoms with van der Waals surface area (Å²) in [5.74, 6) is 0. The molecule has 0 saturated carbocycles. The van der Waals surface area contributed by atoms with Gasteiger partial charge in [0.2, 0.25) is 0 Å². The van der Waals surface area contributed by atoms with Crippen molar-refractivity contribution in [2.75, 3.05) is 0 Å². The number of allylic oxidation sites excluding steroid dienone is 5. The van der Waals surface area contributed by atoms with Crippen molar-refractivity contribution in [1.29, 1.82) is 0 Å². The molecule has 0 fully saturated rings. The Hall–Kier alpha value is -1.67. The van der Waals surface area contributed by atoms with Crippen LogP contribution >= 0.6 is 0 Å². The quantitative estimate of drug-likeness (QED) is 0.821. The largest absolute Gasteiger partial charge is 0.390 e. The van der Waals surface area contributed by atoms with Crippen molar-refractivity contribution >= 4 is 5.57 Å². The van der Waals surface area contributed by atoms with E-state index in [0.717, 1.165) is 29.8 Å². The molecule has 1 aliphatic rings. The van der Waals surface area contributed by atoms with Crippen LogP contribution in [-0.2, 0) is 19.4 Å². The third kappa shape index (κ3) is 2.59. The Kier molecular flexibility index (Phi) is 4.11. The van der Waals surface area contributed by atoms with Gasteiger partial charge in [0.15, 0.2) is 0 Å². The fourth-order valence-corrected chi connectivity index (χ4v) is 2.41. The summed E-state index contributed by atoms with van der Waals surface area (Å²) in [5, 5.41) is 9.28. The number of nitrogens with zero attached hydrogens (tertiary/aromatic N) is 1. The summed E-state index contributed by atoms with van der Waals surface area (Å²) in [7, 11) is 0. The summed E-state index contributed by atoms with van der Waals surface area (Å²) in [6.07, 6.45) is 11.1. The zero-order chi connectivity index (χ0) is 13.0. The minimum Gasteiger partial charge on any atom is -0.390 e. The zero-order valence-corrected chi connectivity index (χ0v) is 10.8. The van der Waals surface area contributed by atoms with E-state index in [0.29, 0.717) is 0 Å². The van der Waals surface area contributed by atoms with Gasteiger partial charge in [-0.05, 0) is 49.0 Å². The minimum absolute atomic E-state index is 0.00998. The first-order valence-corrected chi connectivity index (χ1v) is 6.35. The van der Waals surface area contributed by atoms with Gasteiger partial charge in [-0.15, -0.1) is 0 Å². The molecule has 1 N–H and O–H groups in total. The third-order valence-corrected chi connectivity index (χ3v) is 3.27. The number of rotatable bonds is 4. The maximum atomic E-state index is 9.28. The molecule has 0 bridgehead atoms. The predicted molar refractivity (Wildman–Crippen MR) is 75.2 cm³/mol. The van der Waals surface area contributed by atoms with E-state index in [4.69, 9.17) is 0 Å². The Balaban J connectivity index is 2.43. The molecule has 1 aliphatic carbocycles. The number of fused-ring (bicyclic) bond motifs is 1. The van der Waals surface area contributed by atoms with Gasteiger partial charge in [0.05, 0.1) is 18.0 Å². The molecule has 0 amide bonds. The van der Waals surface area contributed by atoms with Gasteiger partial charge in [-0.2, -0.15) is 0 Å². The van der Waals surface area contributed by atoms with Crippen molar-refractivity contribution in [3.05, 3.63) is 59.5 Å². The molecular weight excluding hydrogens is 222 g/mol. The molecule has 1 aromatic heterocycles. The Bertz CT molecular complexity index is 512. The molecule has 2 rings (SSSR count). The number of hydrogen-bond acceptors (Lipinski definition) is 2. The van der Waals surface area contributed by atoms with E-state index in [1.807, 2.05) is 24.3 Å². The van der Waals surface area contributed by atoms with Gasteiger partial charge in [-0.25, -0.2) is 0 Å². The summed E-state index contributed by atoms with van der Waals surface area (Å²) in [6.45, 7) is 5.73. The number of pyridine rings is 1. The lowest BCUT2D eigenvalue weighted by Gasteiger charge is -2.10. The van der Waals surface area contributed by atoms with Gasteiger partial charge < -0.3 is 5.11 Å². The molecule has 2 nitrogen and oxygen atoms in total. The Morgan fingerprint density at radius 2 is 2.28 bits per heavy atom. The fourth-order valence-electron chi connectivity index (χ4n) is 2.41. The molecule has 0 aromatic carbocycles. The second-order valence-electron chi connectivity index (χ2n) is 4.58. The fraction of sp³-hybridized carbons (Fsp3) is 0.312. The van der Waals surface area contributed by atoms with Crippen molar-refractivity contribution in [1.82, 2.24) is 4.98 Å². The van der Waals surface area contributed by atoms with Crippen LogP contribution in [0.3, 0.4) is 0 Å². The van der Waals surface area contributed by atoms with E-state index < -0.39 is 0 Å². The van der Waals surface area contributed by atoms with Crippen LogP contribution in [0.15, 0.2) is 36.9 Å². The van der Waals surface area contributed by atoms with Crippen molar-refractivity contribution in [2.24, 2.45) is 0 Å². The molecule has 0 saturated heterocycles. The lowest BCUT2D eigenvalue weighted by molar-refractivity contribution is 0.276. The van der Waals surface area contributed by atoms with Gasteiger partial charge >= 0.3 is 0 Å². The van der Waals surface area contributed by atoms with Crippen LogP contribution in [0.4, 0.5) is 0 Å². The Morgan fingerprint density at radius 1 is 1.44 bits per heavy atom. The van der Waals surface area contributed by atoms with E-state index in [1.54, 1.807) is 6.08 Å². The molecule has 94 valence electrons. The SMILES string of the molecule is C=C/C=C\C=C(/C)c1nc(CO)cc2c1CCC2. The second-order valence-corrected chi connectivity index (χ2v) is 4.58. The van der Waals surface area contributed by atoms with Crippen LogP contribution < -0.4 is 0 Å². The molecule has 1 aromatic rings. The highest BCUT2D eigenvalue weighted by Gasteiger charge is 2.17. The molecular formula is C16H19NO. The van der Waals surface area contributed by atoms with E-state index in [-0.39, 0.29) is 6.61 Å². The van der Waals surface area contributed by atoms with Gasteiger partial charge in [-0.1, -0.05) is 30.9 Å². The number of aryl methyl sites for hydroxylation is 1. The Morgan fingerprint density at radius 3 is 3.00 bits per heavy atom. The summed E-state index contributed by atoms with van der Waals surface area (Å²) in [6, 6.07) is 2.04. The Labute approximate surface area is 108 Å². The smallest absolute Gasteiger partial charge is 0.0853 e. The highest BCUT2D eigenvalue weighted by molar-refractivity contribution is 5.67. The molecule has 18 heavy (non-hydrogen) atoms. The van der Waals surface area contributed by atoms with Gasteiger partial charge in [-0.3, -0.25) is 4.98 Å². The van der Waals surface area contributed by atoms with Crippen molar-refractivity contribution in [3.8, 4) is 0 Å². The van der Waals surface area contributed by atoms with Crippen LogP contribution in [0.2, 0.25) is 0 Å². The molecule has 0 atom stereocenters. The summed E-state index contributed by atoms with van der Waals surface area (Å²) >= 11 is 0. The molecule has 0 spiro atoms. The van der Waals surface area contributed by atoms with Crippen molar-refractivity contribution < 1.29 is 5.11 Å². The average Bonchev–Trinajstić information content (AvgIpc) is 2.85. The third-order valence-electron chi connectivity index (χ3n) is 3.27. The van der Waals surface area contributed by atoms with Crippen LogP contribution in [0.25, 0.3) is 5.57 Å². The standard InChI is InChI=1S/C16H19NO/c1-3-4-5-7-12(2)16-15-9-6-8-13(15)10-14(11-18)17-16/h3-5,7,10,18H,1,6,8-9,11H2,2H3/b5-4-,12-7+. The van der Waals surface area contributed by atoms with E-state index in [9.17, 15) is 5.11 Å². The number of aromatic nitrogens is 1. The first kappa shape index (κ1) is 12.8. The van der Waals surface area contributed by atoms with Crippen LogP contribution in [0.5, 0.6) is 0 Å². The minimum atomic E-state index is 0.00998. The summed E-state index contributed by atoms with van der Waals surface area (Å²) < 4.78 is 0. The van der Waals surface area contributed by atoms with Crippen molar-refractivity contribution in [3.63, 3.8) is 0 Å². The van der Waals surface area contributed by atoms with Gasteiger partial charge in [0.1, 0.15) is 0 Å². The molecule has 2 heteroatoms. The van der Waals surface area contributed by atoms with Crippen LogP contribution in [0, 0.1) is 0 Å². The first-order valence-electron chi connectivity index (χ1n) is 6.35. The highest BCUT2D eigenvalue weighted by atomic mass is 16.3. The normalized spacial score (nSPS) is 15.1. The molecule has 0 unspecified atom stereocenters. The second kappa shape index (κ2) is 5.78. The predicted octanol–water partition coefficient (Wildman–Crippen LogP) is 3.21. The lowest BCUT2D eigenvalue weighted by atomic mass is 10.0. The first-order chi connectivity index (χ1) is 8.76.